The molecule has 0 radical (unpaired) electrons. The SMILES string of the molecule is O=C(CNc1ccc(OCc2ccccc2)cc1)NCC1CCCO1. The van der Waals surface area contributed by atoms with Gasteiger partial charge in [-0.1, -0.05) is 30.3 Å². The van der Waals surface area contributed by atoms with E-state index in [0.717, 1.165) is 36.4 Å². The van der Waals surface area contributed by atoms with Gasteiger partial charge in [-0.15, -0.1) is 0 Å². The topological polar surface area (TPSA) is 59.6 Å². The first-order valence-electron chi connectivity index (χ1n) is 8.68. The third-order valence-corrected chi connectivity index (χ3v) is 4.11. The number of nitrogens with one attached hydrogen (secondary N) is 2. The number of hydrogen-bond donors (Lipinski definition) is 2. The molecule has 0 aromatic heterocycles. The number of benzene rings is 2. The highest BCUT2D eigenvalue weighted by Gasteiger charge is 2.15. The van der Waals surface area contributed by atoms with Crippen LogP contribution in [0, 0.1) is 0 Å². The first-order valence-corrected chi connectivity index (χ1v) is 8.68. The lowest BCUT2D eigenvalue weighted by Gasteiger charge is -2.12. The van der Waals surface area contributed by atoms with Crippen LogP contribution in [-0.2, 0) is 16.1 Å². The van der Waals surface area contributed by atoms with E-state index in [1.165, 1.54) is 0 Å². The van der Waals surface area contributed by atoms with Crippen molar-refractivity contribution >= 4 is 11.6 Å². The maximum Gasteiger partial charge on any atom is 0.239 e. The number of hydrogen-bond acceptors (Lipinski definition) is 4. The van der Waals surface area contributed by atoms with Gasteiger partial charge < -0.3 is 20.1 Å². The Bertz CT molecular complexity index is 652. The smallest absolute Gasteiger partial charge is 0.239 e. The Labute approximate surface area is 148 Å². The monoisotopic (exact) mass is 340 g/mol. The first kappa shape index (κ1) is 17.3. The molecule has 1 fully saturated rings. The molecule has 5 nitrogen and oxygen atoms in total. The molecule has 1 aliphatic heterocycles. The molecule has 3 rings (SSSR count). The fourth-order valence-corrected chi connectivity index (χ4v) is 2.69. The van der Waals surface area contributed by atoms with Gasteiger partial charge in [0.2, 0.25) is 5.91 Å². The van der Waals surface area contributed by atoms with Crippen LogP contribution in [0.3, 0.4) is 0 Å². The van der Waals surface area contributed by atoms with E-state index in [-0.39, 0.29) is 18.6 Å². The molecule has 0 spiro atoms. The van der Waals surface area contributed by atoms with Crippen molar-refractivity contribution in [3.63, 3.8) is 0 Å². The fourth-order valence-electron chi connectivity index (χ4n) is 2.69. The summed E-state index contributed by atoms with van der Waals surface area (Å²) in [5, 5.41) is 6.01. The zero-order valence-electron chi connectivity index (χ0n) is 14.2. The molecule has 25 heavy (non-hydrogen) atoms. The number of carbonyl (C=O) groups excluding carboxylic acids is 1. The molecule has 0 aliphatic carbocycles. The largest absolute Gasteiger partial charge is 0.489 e. The highest BCUT2D eigenvalue weighted by Crippen LogP contribution is 2.17. The van der Waals surface area contributed by atoms with Gasteiger partial charge in [-0.3, -0.25) is 4.79 Å². The van der Waals surface area contributed by atoms with E-state index < -0.39 is 0 Å². The van der Waals surface area contributed by atoms with Crippen molar-refractivity contribution in [2.24, 2.45) is 0 Å². The summed E-state index contributed by atoms with van der Waals surface area (Å²) in [5.74, 6) is 0.775. The summed E-state index contributed by atoms with van der Waals surface area (Å²) in [6.07, 6.45) is 2.28. The predicted octanol–water partition coefficient (Wildman–Crippen LogP) is 2.97. The number of ether oxygens (including phenoxy) is 2. The lowest BCUT2D eigenvalue weighted by molar-refractivity contribution is -0.119. The maximum absolute atomic E-state index is 11.8. The average molecular weight is 340 g/mol. The van der Waals surface area contributed by atoms with Crippen LogP contribution in [0.2, 0.25) is 0 Å². The standard InChI is InChI=1S/C20H24N2O3/c23-20(22-13-19-7-4-12-24-19)14-21-17-8-10-18(11-9-17)25-15-16-5-2-1-3-6-16/h1-3,5-6,8-11,19,21H,4,7,12-15H2,(H,22,23). The van der Waals surface area contributed by atoms with E-state index in [0.29, 0.717) is 13.2 Å². The lowest BCUT2D eigenvalue weighted by Crippen LogP contribution is -2.35. The molecule has 2 aromatic rings. The van der Waals surface area contributed by atoms with Gasteiger partial charge in [-0.2, -0.15) is 0 Å². The van der Waals surface area contributed by atoms with Gasteiger partial charge in [-0.05, 0) is 42.7 Å². The minimum atomic E-state index is -0.0279. The van der Waals surface area contributed by atoms with Gasteiger partial charge in [-0.25, -0.2) is 0 Å². The van der Waals surface area contributed by atoms with Crippen LogP contribution in [0.15, 0.2) is 54.6 Å². The molecule has 0 saturated carbocycles. The second-order valence-electron chi connectivity index (χ2n) is 6.09. The number of rotatable bonds is 8. The first-order chi connectivity index (χ1) is 12.3. The van der Waals surface area contributed by atoms with Gasteiger partial charge in [0, 0.05) is 18.8 Å². The highest BCUT2D eigenvalue weighted by molar-refractivity contribution is 5.80. The number of amides is 1. The van der Waals surface area contributed by atoms with Crippen molar-refractivity contribution in [3.05, 3.63) is 60.2 Å². The van der Waals surface area contributed by atoms with Gasteiger partial charge in [0.1, 0.15) is 12.4 Å². The van der Waals surface area contributed by atoms with E-state index >= 15 is 0 Å². The minimum Gasteiger partial charge on any atom is -0.489 e. The Kier molecular flexibility index (Phi) is 6.29. The second kappa shape index (κ2) is 9.08. The zero-order chi connectivity index (χ0) is 17.3. The maximum atomic E-state index is 11.8. The highest BCUT2D eigenvalue weighted by atomic mass is 16.5. The van der Waals surface area contributed by atoms with Crippen molar-refractivity contribution in [2.75, 3.05) is 25.0 Å². The molecule has 2 aromatic carbocycles. The zero-order valence-corrected chi connectivity index (χ0v) is 14.2. The molecular weight excluding hydrogens is 316 g/mol. The van der Waals surface area contributed by atoms with Gasteiger partial charge in [0.15, 0.2) is 0 Å². The number of carbonyl (C=O) groups is 1. The molecular formula is C20H24N2O3. The van der Waals surface area contributed by atoms with Gasteiger partial charge in [0.05, 0.1) is 12.6 Å². The molecule has 1 heterocycles. The summed E-state index contributed by atoms with van der Waals surface area (Å²) >= 11 is 0. The fraction of sp³-hybridized carbons (Fsp3) is 0.350. The summed E-state index contributed by atoms with van der Waals surface area (Å²) in [6.45, 7) is 2.18. The summed E-state index contributed by atoms with van der Waals surface area (Å²) in [5.41, 5.74) is 2.02. The lowest BCUT2D eigenvalue weighted by atomic mass is 10.2. The second-order valence-corrected chi connectivity index (χ2v) is 6.09. The van der Waals surface area contributed by atoms with Crippen LogP contribution in [0.4, 0.5) is 5.69 Å². The van der Waals surface area contributed by atoms with Crippen LogP contribution in [0.5, 0.6) is 5.75 Å². The third kappa shape index (κ3) is 5.80. The Hall–Kier alpha value is -2.53. The van der Waals surface area contributed by atoms with E-state index in [2.05, 4.69) is 10.6 Å². The Morgan fingerprint density at radius 1 is 1.12 bits per heavy atom. The molecule has 1 unspecified atom stereocenters. The summed E-state index contributed by atoms with van der Waals surface area (Å²) < 4.78 is 11.2. The van der Waals surface area contributed by atoms with Gasteiger partial charge in [0.25, 0.3) is 0 Å². The van der Waals surface area contributed by atoms with E-state index in [1.54, 1.807) is 0 Å². The molecule has 1 atom stereocenters. The van der Waals surface area contributed by atoms with E-state index in [1.807, 2.05) is 54.6 Å². The summed E-state index contributed by atoms with van der Waals surface area (Å²) in [7, 11) is 0. The van der Waals surface area contributed by atoms with Crippen LogP contribution in [0.1, 0.15) is 18.4 Å². The van der Waals surface area contributed by atoms with Crippen molar-refractivity contribution in [1.82, 2.24) is 5.32 Å². The van der Waals surface area contributed by atoms with Crippen molar-refractivity contribution in [1.29, 1.82) is 0 Å². The van der Waals surface area contributed by atoms with Crippen LogP contribution in [0.25, 0.3) is 0 Å². The Morgan fingerprint density at radius 3 is 2.64 bits per heavy atom. The molecule has 1 saturated heterocycles. The van der Waals surface area contributed by atoms with Crippen LogP contribution < -0.4 is 15.4 Å². The quantitative estimate of drug-likeness (QED) is 0.776. The van der Waals surface area contributed by atoms with Crippen LogP contribution >= 0.6 is 0 Å². The molecule has 132 valence electrons. The van der Waals surface area contributed by atoms with E-state index in [9.17, 15) is 4.79 Å². The molecule has 1 amide bonds. The number of anilines is 1. The molecule has 0 bridgehead atoms. The molecule has 5 heteroatoms. The average Bonchev–Trinajstić information content (AvgIpc) is 3.18. The Morgan fingerprint density at radius 2 is 1.92 bits per heavy atom. The van der Waals surface area contributed by atoms with Crippen molar-refractivity contribution in [2.45, 2.75) is 25.6 Å². The van der Waals surface area contributed by atoms with Crippen molar-refractivity contribution < 1.29 is 14.3 Å². The van der Waals surface area contributed by atoms with Crippen molar-refractivity contribution in [3.8, 4) is 5.75 Å². The van der Waals surface area contributed by atoms with Crippen LogP contribution in [-0.4, -0.2) is 31.7 Å². The summed E-state index contributed by atoms with van der Waals surface area (Å²) in [6, 6.07) is 17.7. The molecule has 2 N–H and O–H groups in total. The third-order valence-electron chi connectivity index (χ3n) is 4.11. The predicted molar refractivity (Wildman–Crippen MR) is 97.7 cm³/mol. The molecule has 1 aliphatic rings. The Balaban J connectivity index is 1.37. The summed E-state index contributed by atoms with van der Waals surface area (Å²) in [4.78, 5) is 11.8. The van der Waals surface area contributed by atoms with E-state index in [4.69, 9.17) is 9.47 Å². The normalized spacial score (nSPS) is 16.4. The van der Waals surface area contributed by atoms with Gasteiger partial charge >= 0.3 is 0 Å². The minimum absolute atomic E-state index is 0.0279.